The van der Waals surface area contributed by atoms with Crippen molar-refractivity contribution < 1.29 is 4.74 Å². The van der Waals surface area contributed by atoms with Crippen molar-refractivity contribution in [2.75, 3.05) is 25.5 Å². The van der Waals surface area contributed by atoms with Crippen molar-refractivity contribution in [2.24, 2.45) is 0 Å². The number of ether oxygens (including phenoxy) is 1. The van der Waals surface area contributed by atoms with Gasteiger partial charge in [0.25, 0.3) is 0 Å². The molecule has 1 aromatic heterocycles. The Morgan fingerprint density at radius 3 is 2.73 bits per heavy atom. The van der Waals surface area contributed by atoms with Crippen LogP contribution in [0, 0.1) is 0 Å². The molecule has 0 bridgehead atoms. The number of hydrogen-bond acceptors (Lipinski definition) is 4. The van der Waals surface area contributed by atoms with Gasteiger partial charge in [-0.2, -0.15) is 0 Å². The Hall–Kier alpha value is -2.85. The maximum atomic E-state index is 5.50. The number of para-hydroxylation sites is 1. The molecule has 4 nitrogen and oxygen atoms in total. The Morgan fingerprint density at radius 2 is 1.88 bits per heavy atom. The van der Waals surface area contributed by atoms with E-state index in [0.717, 1.165) is 43.2 Å². The predicted molar refractivity (Wildman–Crippen MR) is 105 cm³/mol. The van der Waals surface area contributed by atoms with Crippen molar-refractivity contribution in [3.05, 3.63) is 78.0 Å². The average molecular weight is 345 g/mol. The minimum absolute atomic E-state index is 0.867. The molecule has 0 spiro atoms. The van der Waals surface area contributed by atoms with Crippen molar-refractivity contribution in [1.82, 2.24) is 9.88 Å². The molecule has 3 aromatic rings. The third kappa shape index (κ3) is 3.55. The monoisotopic (exact) mass is 345 g/mol. The molecule has 0 amide bonds. The van der Waals surface area contributed by atoms with Gasteiger partial charge in [-0.05, 0) is 12.1 Å². The minimum Gasteiger partial charge on any atom is -0.496 e. The molecule has 1 aliphatic rings. The van der Waals surface area contributed by atoms with Crippen LogP contribution in [0.1, 0.15) is 11.1 Å². The summed E-state index contributed by atoms with van der Waals surface area (Å²) in [6.45, 7) is 3.64. The second kappa shape index (κ2) is 7.58. The number of nitrogens with one attached hydrogen (secondary N) is 1. The van der Waals surface area contributed by atoms with Crippen molar-refractivity contribution in [3.8, 4) is 17.0 Å². The van der Waals surface area contributed by atoms with E-state index >= 15 is 0 Å². The Morgan fingerprint density at radius 1 is 1.08 bits per heavy atom. The molecular weight excluding hydrogens is 322 g/mol. The lowest BCUT2D eigenvalue weighted by molar-refractivity contribution is 0.266. The van der Waals surface area contributed by atoms with E-state index in [0.29, 0.717) is 0 Å². The maximum absolute atomic E-state index is 5.50. The van der Waals surface area contributed by atoms with Crippen LogP contribution in [0.2, 0.25) is 0 Å². The summed E-state index contributed by atoms with van der Waals surface area (Å²) < 4.78 is 5.50. The lowest BCUT2D eigenvalue weighted by Crippen LogP contribution is -2.25. The van der Waals surface area contributed by atoms with E-state index in [-0.39, 0.29) is 0 Å². The second-order valence-electron chi connectivity index (χ2n) is 6.54. The molecule has 0 unspecified atom stereocenters. The smallest absolute Gasteiger partial charge is 0.123 e. The van der Waals surface area contributed by atoms with Crippen LogP contribution in [0.4, 0.5) is 5.69 Å². The number of pyridine rings is 1. The van der Waals surface area contributed by atoms with Crippen molar-refractivity contribution in [3.63, 3.8) is 0 Å². The van der Waals surface area contributed by atoms with E-state index in [9.17, 15) is 0 Å². The minimum atomic E-state index is 0.867. The normalized spacial score (nSPS) is 14.2. The molecule has 2 aromatic carbocycles. The summed E-state index contributed by atoms with van der Waals surface area (Å²) in [6.07, 6.45) is 2.01. The highest BCUT2D eigenvalue weighted by Gasteiger charge is 2.17. The number of nitrogens with zero attached hydrogens (tertiary/aromatic N) is 2. The standard InChI is InChI=1S/C22H23N3O/c1-26-22-10-6-5-9-18(22)15-25-12-11-23-21-13-20(24-14-19(21)16-25)17-7-3-2-4-8-17/h2-10,13-14,23H,11-12,15-16H2,1H3. The first-order valence-electron chi connectivity index (χ1n) is 8.96. The fourth-order valence-electron chi connectivity index (χ4n) is 3.42. The van der Waals surface area contributed by atoms with Gasteiger partial charge in [0.1, 0.15) is 5.75 Å². The number of hydrogen-bond donors (Lipinski definition) is 1. The molecule has 0 atom stereocenters. The molecular formula is C22H23N3O. The summed E-state index contributed by atoms with van der Waals surface area (Å²) in [4.78, 5) is 7.12. The van der Waals surface area contributed by atoms with E-state index < -0.39 is 0 Å². The van der Waals surface area contributed by atoms with Gasteiger partial charge >= 0.3 is 0 Å². The zero-order chi connectivity index (χ0) is 17.8. The molecule has 132 valence electrons. The summed E-state index contributed by atoms with van der Waals surface area (Å²) >= 11 is 0. The molecule has 1 N–H and O–H groups in total. The molecule has 0 radical (unpaired) electrons. The number of rotatable bonds is 4. The summed E-state index contributed by atoms with van der Waals surface area (Å²) in [6, 6.07) is 20.7. The second-order valence-corrected chi connectivity index (χ2v) is 6.54. The highest BCUT2D eigenvalue weighted by Crippen LogP contribution is 2.27. The van der Waals surface area contributed by atoms with Gasteiger partial charge < -0.3 is 10.1 Å². The number of aromatic nitrogens is 1. The Balaban J connectivity index is 1.55. The quantitative estimate of drug-likeness (QED) is 0.769. The van der Waals surface area contributed by atoms with Gasteiger partial charge in [-0.25, -0.2) is 0 Å². The summed E-state index contributed by atoms with van der Waals surface area (Å²) in [5, 5.41) is 3.57. The van der Waals surface area contributed by atoms with E-state index in [1.165, 1.54) is 16.8 Å². The number of methoxy groups -OCH3 is 1. The van der Waals surface area contributed by atoms with Crippen molar-refractivity contribution in [2.45, 2.75) is 13.1 Å². The van der Waals surface area contributed by atoms with Gasteiger partial charge in [-0.1, -0.05) is 48.5 Å². The van der Waals surface area contributed by atoms with Crippen molar-refractivity contribution >= 4 is 5.69 Å². The lowest BCUT2D eigenvalue weighted by Gasteiger charge is -2.21. The topological polar surface area (TPSA) is 37.4 Å². The van der Waals surface area contributed by atoms with Crippen LogP contribution in [-0.2, 0) is 13.1 Å². The van der Waals surface area contributed by atoms with Gasteiger partial charge in [-0.3, -0.25) is 9.88 Å². The van der Waals surface area contributed by atoms with E-state index in [2.05, 4.69) is 45.5 Å². The van der Waals surface area contributed by atoms with E-state index in [1.807, 2.05) is 36.5 Å². The van der Waals surface area contributed by atoms with Crippen LogP contribution in [0.15, 0.2) is 66.9 Å². The number of anilines is 1. The summed E-state index contributed by atoms with van der Waals surface area (Å²) in [5.74, 6) is 0.947. The molecule has 1 aliphatic heterocycles. The summed E-state index contributed by atoms with van der Waals surface area (Å²) in [5.41, 5.74) is 5.79. The van der Waals surface area contributed by atoms with Crippen molar-refractivity contribution in [1.29, 1.82) is 0 Å². The Bertz CT molecular complexity index is 880. The third-order valence-corrected chi connectivity index (χ3v) is 4.78. The summed E-state index contributed by atoms with van der Waals surface area (Å²) in [7, 11) is 1.73. The van der Waals surface area contributed by atoms with Crippen LogP contribution < -0.4 is 10.1 Å². The highest BCUT2D eigenvalue weighted by atomic mass is 16.5. The largest absolute Gasteiger partial charge is 0.496 e. The van der Waals surface area contributed by atoms with Crippen LogP contribution in [0.3, 0.4) is 0 Å². The Labute approximate surface area is 154 Å². The average Bonchev–Trinajstić information content (AvgIpc) is 2.90. The van der Waals surface area contributed by atoms with Crippen LogP contribution in [0.5, 0.6) is 5.75 Å². The molecule has 0 aliphatic carbocycles. The fraction of sp³-hybridized carbons (Fsp3) is 0.227. The molecule has 0 saturated heterocycles. The van der Waals surface area contributed by atoms with Gasteiger partial charge in [0.15, 0.2) is 0 Å². The molecule has 0 saturated carbocycles. The zero-order valence-corrected chi connectivity index (χ0v) is 15.0. The van der Waals surface area contributed by atoms with Crippen LogP contribution in [0.25, 0.3) is 11.3 Å². The predicted octanol–water partition coefficient (Wildman–Crippen LogP) is 4.18. The van der Waals surface area contributed by atoms with Crippen LogP contribution in [-0.4, -0.2) is 30.1 Å². The van der Waals surface area contributed by atoms with E-state index in [1.54, 1.807) is 7.11 Å². The molecule has 0 fully saturated rings. The SMILES string of the molecule is COc1ccccc1CN1CCNc2cc(-c3ccccc3)ncc2C1. The highest BCUT2D eigenvalue weighted by molar-refractivity contribution is 5.66. The fourth-order valence-corrected chi connectivity index (χ4v) is 3.42. The third-order valence-electron chi connectivity index (χ3n) is 4.78. The van der Waals surface area contributed by atoms with Gasteiger partial charge in [0, 0.05) is 54.8 Å². The lowest BCUT2D eigenvalue weighted by atomic mass is 10.1. The van der Waals surface area contributed by atoms with Gasteiger partial charge in [-0.15, -0.1) is 0 Å². The first-order chi connectivity index (χ1) is 12.8. The molecule has 4 heteroatoms. The first-order valence-corrected chi connectivity index (χ1v) is 8.96. The molecule has 2 heterocycles. The first kappa shape index (κ1) is 16.6. The van der Waals surface area contributed by atoms with E-state index in [4.69, 9.17) is 4.74 Å². The van der Waals surface area contributed by atoms with Gasteiger partial charge in [0.2, 0.25) is 0 Å². The number of benzene rings is 2. The zero-order valence-electron chi connectivity index (χ0n) is 15.0. The maximum Gasteiger partial charge on any atom is 0.123 e. The molecule has 26 heavy (non-hydrogen) atoms. The molecule has 4 rings (SSSR count). The van der Waals surface area contributed by atoms with Gasteiger partial charge in [0.05, 0.1) is 12.8 Å². The number of fused-ring (bicyclic) bond motifs is 1. The Kier molecular flexibility index (Phi) is 4.84. The van der Waals surface area contributed by atoms with Crippen LogP contribution >= 0.6 is 0 Å².